The highest BCUT2D eigenvalue weighted by Crippen LogP contribution is 2.62. The molecule has 178 valence electrons. The molecule has 4 rings (SSSR count). The van der Waals surface area contributed by atoms with E-state index in [2.05, 4.69) is 56.1 Å². The third kappa shape index (κ3) is 4.68. The van der Waals surface area contributed by atoms with E-state index in [-0.39, 0.29) is 16.8 Å². The standard InChI is InChI=1S/C29H39NO3/c1-21-11-14-26-28(2,16-8-17-29(26,3)27(31)32-4)24(21)13-12-23-15-18-33-25(23)20-30-19-22-9-6-5-7-10-22/h5-7,9-10,15,18,24,26,30H,1,8,11-14,16-17,19-20H2,2-4H3/t24-,26?,28+,29-/m0/s1. The van der Waals surface area contributed by atoms with Gasteiger partial charge in [-0.25, -0.2) is 0 Å². The van der Waals surface area contributed by atoms with Gasteiger partial charge in [0.1, 0.15) is 5.76 Å². The van der Waals surface area contributed by atoms with E-state index in [1.54, 1.807) is 0 Å². The Morgan fingerprint density at radius 3 is 2.73 bits per heavy atom. The lowest BCUT2D eigenvalue weighted by atomic mass is 9.46. The molecule has 1 heterocycles. The first-order chi connectivity index (χ1) is 15.9. The van der Waals surface area contributed by atoms with Crippen molar-refractivity contribution < 1.29 is 13.9 Å². The summed E-state index contributed by atoms with van der Waals surface area (Å²) in [6.07, 6.45) is 9.04. The number of benzene rings is 1. The molecule has 1 unspecified atom stereocenters. The second kappa shape index (κ2) is 9.89. The fraction of sp³-hybridized carbons (Fsp3) is 0.552. The highest BCUT2D eigenvalue weighted by molar-refractivity contribution is 5.77. The van der Waals surface area contributed by atoms with Gasteiger partial charge in [-0.3, -0.25) is 4.79 Å². The van der Waals surface area contributed by atoms with Gasteiger partial charge in [0, 0.05) is 6.54 Å². The number of carbonyl (C=O) groups is 1. The minimum Gasteiger partial charge on any atom is -0.469 e. The number of nitrogens with one attached hydrogen (secondary N) is 1. The number of allylic oxidation sites excluding steroid dienone is 1. The number of aryl methyl sites for hydroxylation is 1. The second-order valence-electron chi connectivity index (χ2n) is 10.6. The summed E-state index contributed by atoms with van der Waals surface area (Å²) < 4.78 is 11.1. The lowest BCUT2D eigenvalue weighted by Crippen LogP contribution is -2.53. The molecule has 2 aliphatic carbocycles. The molecule has 1 aromatic carbocycles. The van der Waals surface area contributed by atoms with Crippen LogP contribution in [-0.2, 0) is 29.0 Å². The number of ether oxygens (including phenoxy) is 1. The average Bonchev–Trinajstić information content (AvgIpc) is 3.25. The van der Waals surface area contributed by atoms with Crippen molar-refractivity contribution in [1.29, 1.82) is 0 Å². The Labute approximate surface area is 198 Å². The van der Waals surface area contributed by atoms with Crippen molar-refractivity contribution in [1.82, 2.24) is 5.32 Å². The topological polar surface area (TPSA) is 51.5 Å². The van der Waals surface area contributed by atoms with E-state index < -0.39 is 0 Å². The van der Waals surface area contributed by atoms with Crippen molar-refractivity contribution in [3.8, 4) is 0 Å². The van der Waals surface area contributed by atoms with Crippen molar-refractivity contribution in [2.75, 3.05) is 7.11 Å². The zero-order valence-electron chi connectivity index (χ0n) is 20.5. The van der Waals surface area contributed by atoms with Gasteiger partial charge < -0.3 is 14.5 Å². The van der Waals surface area contributed by atoms with E-state index >= 15 is 0 Å². The Morgan fingerprint density at radius 2 is 1.97 bits per heavy atom. The van der Waals surface area contributed by atoms with Crippen LogP contribution >= 0.6 is 0 Å². The fourth-order valence-corrected chi connectivity index (χ4v) is 6.92. The number of esters is 1. The third-order valence-electron chi connectivity index (χ3n) is 8.67. The summed E-state index contributed by atoms with van der Waals surface area (Å²) in [4.78, 5) is 12.8. The predicted molar refractivity (Wildman–Crippen MR) is 131 cm³/mol. The van der Waals surface area contributed by atoms with Crippen LogP contribution in [0.25, 0.3) is 0 Å². The van der Waals surface area contributed by atoms with Gasteiger partial charge in [0.25, 0.3) is 0 Å². The summed E-state index contributed by atoms with van der Waals surface area (Å²) >= 11 is 0. The molecule has 0 saturated heterocycles. The first-order valence-corrected chi connectivity index (χ1v) is 12.4. The molecule has 2 aliphatic rings. The normalized spacial score (nSPS) is 29.5. The summed E-state index contributed by atoms with van der Waals surface area (Å²) in [5.74, 6) is 1.75. The van der Waals surface area contributed by atoms with E-state index in [1.807, 2.05) is 12.3 Å². The van der Waals surface area contributed by atoms with Gasteiger partial charge >= 0.3 is 5.97 Å². The van der Waals surface area contributed by atoms with Crippen LogP contribution in [0.4, 0.5) is 0 Å². The summed E-state index contributed by atoms with van der Waals surface area (Å²) in [6.45, 7) is 10.6. The molecule has 0 spiro atoms. The maximum Gasteiger partial charge on any atom is 0.311 e. The second-order valence-corrected chi connectivity index (χ2v) is 10.6. The molecule has 4 nitrogen and oxygen atoms in total. The number of rotatable bonds is 8. The smallest absolute Gasteiger partial charge is 0.311 e. The fourth-order valence-electron chi connectivity index (χ4n) is 6.92. The SMILES string of the molecule is C=C1CCC2[C@](C)(CCC[C@]2(C)C(=O)OC)[C@H]1CCc1ccoc1CNCc1ccccc1. The molecule has 2 fully saturated rings. The maximum atomic E-state index is 12.8. The van der Waals surface area contributed by atoms with Gasteiger partial charge in [-0.05, 0) is 79.9 Å². The minimum atomic E-state index is -0.386. The summed E-state index contributed by atoms with van der Waals surface area (Å²) in [5.41, 5.74) is 3.61. The Balaban J connectivity index is 1.43. The van der Waals surface area contributed by atoms with E-state index in [9.17, 15) is 4.79 Å². The quantitative estimate of drug-likeness (QED) is 0.371. The maximum absolute atomic E-state index is 12.8. The Kier molecular flexibility index (Phi) is 7.13. The molecule has 33 heavy (non-hydrogen) atoms. The van der Waals surface area contributed by atoms with Gasteiger partial charge in [-0.2, -0.15) is 0 Å². The van der Waals surface area contributed by atoms with Crippen LogP contribution in [0.1, 0.15) is 69.3 Å². The molecule has 2 saturated carbocycles. The van der Waals surface area contributed by atoms with Crippen molar-refractivity contribution >= 4 is 5.97 Å². The molecule has 2 aromatic rings. The number of fused-ring (bicyclic) bond motifs is 1. The summed E-state index contributed by atoms with van der Waals surface area (Å²) in [6, 6.07) is 12.6. The molecule has 4 atom stereocenters. The summed E-state index contributed by atoms with van der Waals surface area (Å²) in [5, 5.41) is 3.51. The Hall–Kier alpha value is -2.33. The van der Waals surface area contributed by atoms with E-state index in [0.29, 0.717) is 11.8 Å². The average molecular weight is 450 g/mol. The first-order valence-electron chi connectivity index (χ1n) is 12.4. The van der Waals surface area contributed by atoms with Crippen LogP contribution in [0.2, 0.25) is 0 Å². The summed E-state index contributed by atoms with van der Waals surface area (Å²) in [7, 11) is 1.53. The number of hydrogen-bond donors (Lipinski definition) is 1. The molecule has 4 heteroatoms. The van der Waals surface area contributed by atoms with Crippen LogP contribution < -0.4 is 5.32 Å². The lowest BCUT2D eigenvalue weighted by Gasteiger charge is -2.57. The first kappa shape index (κ1) is 23.8. The van der Waals surface area contributed by atoms with E-state index in [0.717, 1.165) is 63.8 Å². The van der Waals surface area contributed by atoms with Gasteiger partial charge in [0.15, 0.2) is 0 Å². The predicted octanol–water partition coefficient (Wildman–Crippen LogP) is 6.45. The molecular weight excluding hydrogens is 410 g/mol. The highest BCUT2D eigenvalue weighted by Gasteiger charge is 2.57. The van der Waals surface area contributed by atoms with Crippen LogP contribution in [0, 0.1) is 22.7 Å². The van der Waals surface area contributed by atoms with Gasteiger partial charge in [0.2, 0.25) is 0 Å². The van der Waals surface area contributed by atoms with Crippen LogP contribution in [-0.4, -0.2) is 13.1 Å². The number of carbonyl (C=O) groups excluding carboxylic acids is 1. The van der Waals surface area contributed by atoms with E-state index in [1.165, 1.54) is 23.8 Å². The van der Waals surface area contributed by atoms with Crippen LogP contribution in [0.15, 0.2) is 59.2 Å². The van der Waals surface area contributed by atoms with Gasteiger partial charge in [0.05, 0.1) is 25.3 Å². The molecule has 0 bridgehead atoms. The number of methoxy groups -OCH3 is 1. The number of furan rings is 1. The zero-order valence-corrected chi connectivity index (χ0v) is 20.5. The molecule has 0 amide bonds. The Bertz CT molecular complexity index is 964. The van der Waals surface area contributed by atoms with Crippen molar-refractivity contribution in [3.63, 3.8) is 0 Å². The third-order valence-corrected chi connectivity index (χ3v) is 8.67. The molecule has 0 radical (unpaired) electrons. The largest absolute Gasteiger partial charge is 0.469 e. The van der Waals surface area contributed by atoms with Crippen molar-refractivity contribution in [2.24, 2.45) is 22.7 Å². The van der Waals surface area contributed by atoms with Crippen molar-refractivity contribution in [3.05, 3.63) is 71.7 Å². The Morgan fingerprint density at radius 1 is 1.18 bits per heavy atom. The van der Waals surface area contributed by atoms with Crippen molar-refractivity contribution in [2.45, 2.75) is 71.9 Å². The highest BCUT2D eigenvalue weighted by atomic mass is 16.5. The lowest BCUT2D eigenvalue weighted by molar-refractivity contribution is -0.168. The van der Waals surface area contributed by atoms with Crippen LogP contribution in [0.5, 0.6) is 0 Å². The van der Waals surface area contributed by atoms with E-state index in [4.69, 9.17) is 9.15 Å². The minimum absolute atomic E-state index is 0.0358. The van der Waals surface area contributed by atoms with Crippen LogP contribution in [0.3, 0.4) is 0 Å². The number of hydrogen-bond acceptors (Lipinski definition) is 4. The molecular formula is C29H39NO3. The molecule has 1 N–H and O–H groups in total. The zero-order chi connectivity index (χ0) is 23.5. The van der Waals surface area contributed by atoms with Gasteiger partial charge in [-0.15, -0.1) is 0 Å². The molecule has 1 aromatic heterocycles. The monoisotopic (exact) mass is 449 g/mol. The molecule has 0 aliphatic heterocycles. The van der Waals surface area contributed by atoms with Gasteiger partial charge in [-0.1, -0.05) is 55.8 Å².